The zero-order valence-electron chi connectivity index (χ0n) is 12.3. The van der Waals surface area contributed by atoms with Gasteiger partial charge in [-0.15, -0.1) is 22.7 Å². The molecule has 0 aliphatic rings. The molecule has 0 aliphatic carbocycles. The van der Waals surface area contributed by atoms with Crippen LogP contribution in [0.2, 0.25) is 0 Å². The fourth-order valence-electron chi connectivity index (χ4n) is 1.79. The molecule has 2 aromatic rings. The van der Waals surface area contributed by atoms with E-state index in [9.17, 15) is 0 Å². The van der Waals surface area contributed by atoms with Crippen molar-refractivity contribution in [2.45, 2.75) is 32.7 Å². The predicted octanol–water partition coefficient (Wildman–Crippen LogP) is 3.36. The maximum absolute atomic E-state index is 5.12. The van der Waals surface area contributed by atoms with Gasteiger partial charge in [0.2, 0.25) is 0 Å². The van der Waals surface area contributed by atoms with Crippen molar-refractivity contribution in [3.8, 4) is 0 Å². The van der Waals surface area contributed by atoms with E-state index >= 15 is 0 Å². The molecule has 110 valence electrons. The number of hydrogen-bond donors (Lipinski definition) is 1. The van der Waals surface area contributed by atoms with E-state index in [1.54, 1.807) is 29.8 Å². The van der Waals surface area contributed by atoms with E-state index < -0.39 is 0 Å². The maximum Gasteiger partial charge on any atom is 0.117 e. The van der Waals surface area contributed by atoms with Crippen molar-refractivity contribution >= 4 is 22.7 Å². The van der Waals surface area contributed by atoms with Crippen molar-refractivity contribution in [1.29, 1.82) is 0 Å². The van der Waals surface area contributed by atoms with Crippen LogP contribution in [0.15, 0.2) is 10.8 Å². The topological polar surface area (TPSA) is 47.0 Å². The van der Waals surface area contributed by atoms with Gasteiger partial charge in [0, 0.05) is 30.1 Å². The standard InChI is InChI=1S/C14H21N3OS2/c1-9(2)11-8-20-14(17-11)12(15-5-6-18-4)13-16-10(3)7-19-13/h7-9,12,15H,5-6H2,1-4H3. The van der Waals surface area contributed by atoms with Crippen LogP contribution >= 0.6 is 22.7 Å². The van der Waals surface area contributed by atoms with Crippen LogP contribution in [0.4, 0.5) is 0 Å². The number of methoxy groups -OCH3 is 1. The second kappa shape index (κ2) is 7.26. The van der Waals surface area contributed by atoms with Gasteiger partial charge in [0.05, 0.1) is 12.3 Å². The summed E-state index contributed by atoms with van der Waals surface area (Å²) in [5.74, 6) is 0.456. The molecule has 1 unspecified atom stereocenters. The second-order valence-electron chi connectivity index (χ2n) is 4.97. The fourth-order valence-corrected chi connectivity index (χ4v) is 3.79. The molecule has 0 aliphatic heterocycles. The molecule has 0 aromatic carbocycles. The smallest absolute Gasteiger partial charge is 0.117 e. The van der Waals surface area contributed by atoms with Crippen molar-refractivity contribution in [3.63, 3.8) is 0 Å². The summed E-state index contributed by atoms with van der Waals surface area (Å²) in [6, 6.07) is 0.0707. The molecule has 4 nitrogen and oxygen atoms in total. The number of rotatable bonds is 7. The highest BCUT2D eigenvalue weighted by Gasteiger charge is 2.21. The van der Waals surface area contributed by atoms with E-state index in [0.717, 1.165) is 27.9 Å². The van der Waals surface area contributed by atoms with Gasteiger partial charge in [-0.2, -0.15) is 0 Å². The SMILES string of the molecule is COCCNC(c1nc(C)cs1)c1nc(C(C)C)cs1. The number of aromatic nitrogens is 2. The first-order chi connectivity index (χ1) is 9.61. The molecule has 0 radical (unpaired) electrons. The Morgan fingerprint density at radius 3 is 2.45 bits per heavy atom. The molecule has 0 fully saturated rings. The van der Waals surface area contributed by atoms with Gasteiger partial charge in [0.25, 0.3) is 0 Å². The first-order valence-corrected chi connectivity index (χ1v) is 8.47. The lowest BCUT2D eigenvalue weighted by atomic mass is 10.2. The normalized spacial score (nSPS) is 13.1. The van der Waals surface area contributed by atoms with Crippen LogP contribution in [0.5, 0.6) is 0 Å². The molecule has 20 heavy (non-hydrogen) atoms. The summed E-state index contributed by atoms with van der Waals surface area (Å²) in [5.41, 5.74) is 2.21. The summed E-state index contributed by atoms with van der Waals surface area (Å²) in [4.78, 5) is 9.36. The lowest BCUT2D eigenvalue weighted by Crippen LogP contribution is -2.26. The lowest BCUT2D eigenvalue weighted by Gasteiger charge is -2.13. The van der Waals surface area contributed by atoms with Gasteiger partial charge in [-0.3, -0.25) is 5.32 Å². The molecule has 0 saturated carbocycles. The molecule has 1 N–H and O–H groups in total. The van der Waals surface area contributed by atoms with Gasteiger partial charge in [-0.25, -0.2) is 9.97 Å². The molecule has 0 amide bonds. The van der Waals surface area contributed by atoms with Crippen LogP contribution < -0.4 is 5.32 Å². The van der Waals surface area contributed by atoms with Gasteiger partial charge in [-0.1, -0.05) is 13.8 Å². The van der Waals surface area contributed by atoms with Crippen LogP contribution in [-0.4, -0.2) is 30.2 Å². The van der Waals surface area contributed by atoms with E-state index in [0.29, 0.717) is 12.5 Å². The van der Waals surface area contributed by atoms with Crippen molar-refractivity contribution < 1.29 is 4.74 Å². The molecule has 2 aromatic heterocycles. The summed E-state index contributed by atoms with van der Waals surface area (Å²) < 4.78 is 5.12. The minimum absolute atomic E-state index is 0.0707. The zero-order chi connectivity index (χ0) is 14.5. The molecule has 0 bridgehead atoms. The van der Waals surface area contributed by atoms with Crippen LogP contribution in [0.3, 0.4) is 0 Å². The van der Waals surface area contributed by atoms with E-state index in [1.807, 2.05) is 6.92 Å². The number of ether oxygens (including phenoxy) is 1. The van der Waals surface area contributed by atoms with Crippen LogP contribution in [0, 0.1) is 6.92 Å². The quantitative estimate of drug-likeness (QED) is 0.797. The average molecular weight is 311 g/mol. The number of aryl methyl sites for hydroxylation is 1. The van der Waals surface area contributed by atoms with Crippen molar-refractivity contribution in [1.82, 2.24) is 15.3 Å². The first kappa shape index (κ1) is 15.6. The predicted molar refractivity (Wildman–Crippen MR) is 84.8 cm³/mol. The molecular weight excluding hydrogens is 290 g/mol. The van der Waals surface area contributed by atoms with Gasteiger partial charge in [-0.05, 0) is 12.8 Å². The molecule has 0 spiro atoms. The van der Waals surface area contributed by atoms with Crippen LogP contribution in [-0.2, 0) is 4.74 Å². The Hall–Kier alpha value is -0.820. The highest BCUT2D eigenvalue weighted by molar-refractivity contribution is 7.11. The molecule has 2 rings (SSSR count). The molecule has 6 heteroatoms. The van der Waals surface area contributed by atoms with E-state index in [2.05, 4.69) is 34.9 Å². The number of hydrogen-bond acceptors (Lipinski definition) is 6. The summed E-state index contributed by atoms with van der Waals surface area (Å²) in [6.45, 7) is 7.83. The van der Waals surface area contributed by atoms with Crippen molar-refractivity contribution in [3.05, 3.63) is 32.2 Å². The molecule has 1 atom stereocenters. The first-order valence-electron chi connectivity index (χ1n) is 6.71. The summed E-state index contributed by atoms with van der Waals surface area (Å²) in [6.07, 6.45) is 0. The Labute approximate surface area is 128 Å². The number of nitrogens with zero attached hydrogens (tertiary/aromatic N) is 2. The largest absolute Gasteiger partial charge is 0.383 e. The van der Waals surface area contributed by atoms with E-state index in [4.69, 9.17) is 9.72 Å². The highest BCUT2D eigenvalue weighted by atomic mass is 32.1. The Morgan fingerprint density at radius 2 is 1.90 bits per heavy atom. The average Bonchev–Trinajstić information content (AvgIpc) is 3.04. The highest BCUT2D eigenvalue weighted by Crippen LogP contribution is 2.29. The van der Waals surface area contributed by atoms with Gasteiger partial charge >= 0.3 is 0 Å². The van der Waals surface area contributed by atoms with Crippen LogP contribution in [0.1, 0.15) is 47.2 Å². The Balaban J connectivity index is 2.20. The van der Waals surface area contributed by atoms with Gasteiger partial charge < -0.3 is 4.74 Å². The third-order valence-corrected chi connectivity index (χ3v) is 4.87. The Morgan fingerprint density at radius 1 is 1.20 bits per heavy atom. The minimum atomic E-state index is 0.0707. The van der Waals surface area contributed by atoms with Gasteiger partial charge in [0.15, 0.2) is 0 Å². The Bertz CT molecular complexity index is 536. The molecule has 0 saturated heterocycles. The zero-order valence-corrected chi connectivity index (χ0v) is 14.0. The second-order valence-corrected chi connectivity index (χ2v) is 6.75. The number of thiazole rings is 2. The monoisotopic (exact) mass is 311 g/mol. The van der Waals surface area contributed by atoms with Crippen molar-refractivity contribution in [2.24, 2.45) is 0 Å². The van der Waals surface area contributed by atoms with Crippen LogP contribution in [0.25, 0.3) is 0 Å². The van der Waals surface area contributed by atoms with E-state index in [1.165, 1.54) is 0 Å². The third kappa shape index (κ3) is 3.85. The molecule has 2 heterocycles. The lowest BCUT2D eigenvalue weighted by molar-refractivity contribution is 0.197. The summed E-state index contributed by atoms with van der Waals surface area (Å²) in [7, 11) is 1.71. The minimum Gasteiger partial charge on any atom is -0.383 e. The summed E-state index contributed by atoms with van der Waals surface area (Å²) >= 11 is 3.38. The van der Waals surface area contributed by atoms with Gasteiger partial charge in [0.1, 0.15) is 16.1 Å². The summed E-state index contributed by atoms with van der Waals surface area (Å²) in [5, 5.41) is 9.87. The maximum atomic E-state index is 5.12. The third-order valence-electron chi connectivity index (χ3n) is 2.92. The van der Waals surface area contributed by atoms with Crippen molar-refractivity contribution in [2.75, 3.05) is 20.3 Å². The van der Waals surface area contributed by atoms with E-state index in [-0.39, 0.29) is 6.04 Å². The fraction of sp³-hybridized carbons (Fsp3) is 0.571. The molecular formula is C14H21N3OS2. The number of nitrogens with one attached hydrogen (secondary N) is 1. The Kier molecular flexibility index (Phi) is 5.65.